The van der Waals surface area contributed by atoms with Gasteiger partial charge >= 0.3 is 5.97 Å². The van der Waals surface area contributed by atoms with Crippen molar-refractivity contribution in [1.29, 1.82) is 0 Å². The van der Waals surface area contributed by atoms with E-state index in [-0.39, 0.29) is 24.7 Å². The third-order valence-corrected chi connectivity index (χ3v) is 9.95. The summed E-state index contributed by atoms with van der Waals surface area (Å²) in [6.45, 7) is 6.71. The molecule has 2 aliphatic carbocycles. The zero-order valence-electron chi connectivity index (χ0n) is 26.2. The summed E-state index contributed by atoms with van der Waals surface area (Å²) in [5.74, 6) is -4.12. The van der Waals surface area contributed by atoms with E-state index in [1.54, 1.807) is 0 Å². The summed E-state index contributed by atoms with van der Waals surface area (Å²) in [5, 5.41) is 0. The molecular formula is C40H38F4O2. The van der Waals surface area contributed by atoms with E-state index in [1.807, 2.05) is 24.3 Å². The fourth-order valence-corrected chi connectivity index (χ4v) is 7.70. The van der Waals surface area contributed by atoms with E-state index in [0.717, 1.165) is 39.5 Å². The van der Waals surface area contributed by atoms with Crippen LogP contribution < -0.4 is 0 Å². The number of hydrogen-bond acceptors (Lipinski definition) is 2. The molecule has 6 rings (SSSR count). The Balaban J connectivity index is 1.39. The van der Waals surface area contributed by atoms with Crippen LogP contribution in [0.5, 0.6) is 0 Å². The quantitative estimate of drug-likeness (QED) is 0.0889. The Morgan fingerprint density at radius 3 is 1.98 bits per heavy atom. The minimum atomic E-state index is -3.22. The fourth-order valence-electron chi connectivity index (χ4n) is 7.70. The van der Waals surface area contributed by atoms with E-state index in [9.17, 15) is 22.4 Å². The van der Waals surface area contributed by atoms with Crippen LogP contribution in [0.15, 0.2) is 97.6 Å². The highest BCUT2D eigenvalue weighted by molar-refractivity contribution is 5.86. The van der Waals surface area contributed by atoms with Crippen molar-refractivity contribution in [2.75, 3.05) is 6.61 Å². The highest BCUT2D eigenvalue weighted by Crippen LogP contribution is 2.56. The van der Waals surface area contributed by atoms with Gasteiger partial charge in [0.2, 0.25) is 6.43 Å². The van der Waals surface area contributed by atoms with Gasteiger partial charge in [-0.3, -0.25) is 0 Å². The van der Waals surface area contributed by atoms with E-state index in [2.05, 4.69) is 85.8 Å². The van der Waals surface area contributed by atoms with Crippen LogP contribution in [0.4, 0.5) is 17.6 Å². The van der Waals surface area contributed by atoms with Crippen molar-refractivity contribution in [3.8, 4) is 33.4 Å². The van der Waals surface area contributed by atoms with Crippen LogP contribution in [0.2, 0.25) is 0 Å². The van der Waals surface area contributed by atoms with Gasteiger partial charge in [0.1, 0.15) is 0 Å². The number of fused-ring (bicyclic) bond motifs is 6. The van der Waals surface area contributed by atoms with Gasteiger partial charge in [0.25, 0.3) is 5.92 Å². The molecule has 0 saturated carbocycles. The minimum absolute atomic E-state index is 0.122. The predicted octanol–water partition coefficient (Wildman–Crippen LogP) is 10.9. The molecule has 0 heterocycles. The summed E-state index contributed by atoms with van der Waals surface area (Å²) in [7, 11) is 0. The maximum absolute atomic E-state index is 14.8. The lowest BCUT2D eigenvalue weighted by atomic mass is 9.70. The number of ether oxygens (including phenoxy) is 1. The van der Waals surface area contributed by atoms with Crippen LogP contribution >= 0.6 is 0 Å². The number of benzene rings is 4. The molecule has 0 spiro atoms. The standard InChI is InChI=1S/C40H38F4O2/c1-4-37(45)46-25-40(43,44)22-10-21-39(20-9-15-36(41)42)33-14-8-6-12-29(33)31-19-17-27(24-35(31)39)26-16-18-30-28-11-5-7-13-32(28)38(2,3)34(30)23-26/h4-8,11-14,16-19,23-24,36H,1,9-10,15,20-22,25H2,2-3H3. The summed E-state index contributed by atoms with van der Waals surface area (Å²) in [6, 6.07) is 29.3. The van der Waals surface area contributed by atoms with Gasteiger partial charge in [0.05, 0.1) is 0 Å². The number of rotatable bonds is 12. The Hall–Kier alpha value is -4.19. The highest BCUT2D eigenvalue weighted by atomic mass is 19.3. The van der Waals surface area contributed by atoms with Crippen molar-refractivity contribution in [3.63, 3.8) is 0 Å². The van der Waals surface area contributed by atoms with Crippen molar-refractivity contribution in [2.24, 2.45) is 0 Å². The molecule has 0 bridgehead atoms. The van der Waals surface area contributed by atoms with Crippen LogP contribution in [0.1, 0.15) is 74.6 Å². The summed E-state index contributed by atoms with van der Waals surface area (Å²) in [4.78, 5) is 11.4. The minimum Gasteiger partial charge on any atom is -0.456 e. The Bertz CT molecular complexity index is 1790. The highest BCUT2D eigenvalue weighted by Gasteiger charge is 2.44. The molecule has 1 unspecified atom stereocenters. The first-order valence-corrected chi connectivity index (χ1v) is 15.9. The smallest absolute Gasteiger partial charge is 0.330 e. The molecular weight excluding hydrogens is 588 g/mol. The first kappa shape index (κ1) is 31.8. The average molecular weight is 627 g/mol. The zero-order chi connectivity index (χ0) is 32.7. The second kappa shape index (κ2) is 12.2. The summed E-state index contributed by atoms with van der Waals surface area (Å²) in [5.41, 5.74) is 10.2. The lowest BCUT2D eigenvalue weighted by Gasteiger charge is -2.33. The van der Waals surface area contributed by atoms with Gasteiger partial charge in [-0.1, -0.05) is 93.2 Å². The van der Waals surface area contributed by atoms with E-state index in [0.29, 0.717) is 12.8 Å². The van der Waals surface area contributed by atoms with Crippen molar-refractivity contribution in [1.82, 2.24) is 0 Å². The molecule has 0 fully saturated rings. The molecule has 238 valence electrons. The van der Waals surface area contributed by atoms with Gasteiger partial charge in [0, 0.05) is 29.7 Å². The molecule has 0 amide bonds. The molecule has 2 nitrogen and oxygen atoms in total. The molecule has 0 radical (unpaired) electrons. The number of carbonyl (C=O) groups is 1. The lowest BCUT2D eigenvalue weighted by Crippen LogP contribution is -2.29. The van der Waals surface area contributed by atoms with Crippen molar-refractivity contribution < 1.29 is 27.1 Å². The summed E-state index contributed by atoms with van der Waals surface area (Å²) < 4.78 is 61.1. The van der Waals surface area contributed by atoms with E-state index >= 15 is 0 Å². The van der Waals surface area contributed by atoms with Crippen molar-refractivity contribution in [3.05, 3.63) is 120 Å². The molecule has 6 heteroatoms. The molecule has 0 aliphatic heterocycles. The van der Waals surface area contributed by atoms with Gasteiger partial charge in [0.15, 0.2) is 6.61 Å². The number of halogens is 4. The van der Waals surface area contributed by atoms with Gasteiger partial charge in [-0.05, 0) is 93.5 Å². The van der Waals surface area contributed by atoms with Crippen LogP contribution in [0.3, 0.4) is 0 Å². The molecule has 1 atom stereocenters. The zero-order valence-corrected chi connectivity index (χ0v) is 26.2. The van der Waals surface area contributed by atoms with Crippen LogP contribution in [-0.2, 0) is 20.4 Å². The van der Waals surface area contributed by atoms with Crippen LogP contribution in [-0.4, -0.2) is 24.9 Å². The van der Waals surface area contributed by atoms with E-state index in [4.69, 9.17) is 0 Å². The molecule has 4 aromatic rings. The molecule has 0 aromatic heterocycles. The SMILES string of the molecule is C=CC(=O)OCC(F)(F)CCCC1(CCCC(F)F)c2ccccc2-c2ccc(-c3ccc4c(c3)C(C)(C)c3ccccc3-4)cc21. The largest absolute Gasteiger partial charge is 0.456 e. The number of hydrogen-bond donors (Lipinski definition) is 0. The number of alkyl halides is 4. The second-order valence-electron chi connectivity index (χ2n) is 13.1. The first-order valence-electron chi connectivity index (χ1n) is 15.9. The van der Waals surface area contributed by atoms with Gasteiger partial charge in [-0.15, -0.1) is 0 Å². The number of esters is 1. The van der Waals surface area contributed by atoms with Crippen molar-refractivity contribution in [2.45, 2.75) is 75.6 Å². The lowest BCUT2D eigenvalue weighted by molar-refractivity contribution is -0.150. The molecule has 0 N–H and O–H groups in total. The third-order valence-electron chi connectivity index (χ3n) is 9.95. The summed E-state index contributed by atoms with van der Waals surface area (Å²) in [6.07, 6.45) is -1.19. The summed E-state index contributed by atoms with van der Waals surface area (Å²) >= 11 is 0. The van der Waals surface area contributed by atoms with Gasteiger partial charge in [-0.25, -0.2) is 22.4 Å². The Labute approximate surface area is 268 Å². The normalized spacial score (nSPS) is 17.3. The Kier molecular flexibility index (Phi) is 8.43. The topological polar surface area (TPSA) is 26.3 Å². The van der Waals surface area contributed by atoms with E-state index in [1.165, 1.54) is 22.3 Å². The van der Waals surface area contributed by atoms with Crippen molar-refractivity contribution >= 4 is 5.97 Å². The Morgan fingerprint density at radius 1 is 0.783 bits per heavy atom. The predicted molar refractivity (Wildman–Crippen MR) is 175 cm³/mol. The maximum Gasteiger partial charge on any atom is 0.330 e. The monoisotopic (exact) mass is 626 g/mol. The maximum atomic E-state index is 14.8. The second-order valence-corrected chi connectivity index (χ2v) is 13.1. The van der Waals surface area contributed by atoms with E-state index < -0.39 is 36.8 Å². The third kappa shape index (κ3) is 5.67. The molecule has 4 aromatic carbocycles. The fraction of sp³-hybridized carbons (Fsp3) is 0.325. The first-order chi connectivity index (χ1) is 22.0. The van der Waals surface area contributed by atoms with Gasteiger partial charge in [-0.2, -0.15) is 0 Å². The van der Waals surface area contributed by atoms with Crippen LogP contribution in [0.25, 0.3) is 33.4 Å². The molecule has 46 heavy (non-hydrogen) atoms. The van der Waals surface area contributed by atoms with Gasteiger partial charge < -0.3 is 4.74 Å². The number of carbonyl (C=O) groups excluding carboxylic acids is 1. The molecule has 2 aliphatic rings. The molecule has 0 saturated heterocycles. The van der Waals surface area contributed by atoms with Crippen LogP contribution in [0, 0.1) is 0 Å². The Morgan fingerprint density at radius 2 is 1.33 bits per heavy atom. The average Bonchev–Trinajstić information content (AvgIpc) is 3.45.